The standard InChI is InChI=1S/C54H38ClFN2/c55-44-35-47(57(45-31-29-40(30-32-45)39-17-5-1-6-18-39)53-27-15-13-25-50(53)42-21-9-3-10-22-42)37-48(36-44)58(54-28-16-14-26-51(54)43-23-11-4-12-24-43)46-33-34-49(52(56)38-46)41-19-7-2-8-20-41/h1-38H. The Balaban J connectivity index is 1.25. The lowest BCUT2D eigenvalue weighted by atomic mass is 10.00. The zero-order chi connectivity index (χ0) is 39.3. The fourth-order valence-corrected chi connectivity index (χ4v) is 7.88. The van der Waals surface area contributed by atoms with Gasteiger partial charge in [-0.2, -0.15) is 0 Å². The molecule has 0 fully saturated rings. The summed E-state index contributed by atoms with van der Waals surface area (Å²) in [5.74, 6) is -0.315. The van der Waals surface area contributed by atoms with Gasteiger partial charge in [0.25, 0.3) is 0 Å². The van der Waals surface area contributed by atoms with Crippen molar-refractivity contribution in [3.8, 4) is 44.5 Å². The second-order valence-corrected chi connectivity index (χ2v) is 14.5. The average Bonchev–Trinajstić information content (AvgIpc) is 3.28. The molecule has 0 aliphatic rings. The van der Waals surface area contributed by atoms with Crippen molar-refractivity contribution in [3.05, 3.63) is 241 Å². The van der Waals surface area contributed by atoms with Gasteiger partial charge in [0, 0.05) is 44.5 Å². The summed E-state index contributed by atoms with van der Waals surface area (Å²) in [4.78, 5) is 4.36. The molecule has 0 amide bonds. The molecule has 0 N–H and O–H groups in total. The predicted molar refractivity (Wildman–Crippen MR) is 243 cm³/mol. The first kappa shape index (κ1) is 36.4. The van der Waals surface area contributed by atoms with E-state index in [4.69, 9.17) is 11.6 Å². The highest BCUT2D eigenvalue weighted by Gasteiger charge is 2.23. The smallest absolute Gasteiger partial charge is 0.133 e. The number of anilines is 6. The number of rotatable bonds is 10. The monoisotopic (exact) mass is 768 g/mol. The third kappa shape index (κ3) is 7.52. The van der Waals surface area contributed by atoms with Gasteiger partial charge in [0.2, 0.25) is 0 Å². The molecule has 0 unspecified atom stereocenters. The number of hydrogen-bond donors (Lipinski definition) is 0. The molecule has 9 rings (SSSR count). The Kier molecular flexibility index (Phi) is 10.4. The Bertz CT molecular complexity index is 2790. The fourth-order valence-electron chi connectivity index (χ4n) is 7.66. The molecule has 9 aromatic carbocycles. The molecule has 0 heterocycles. The first-order valence-electron chi connectivity index (χ1n) is 19.3. The molecule has 2 nitrogen and oxygen atoms in total. The van der Waals surface area contributed by atoms with Crippen LogP contribution in [0.15, 0.2) is 231 Å². The fraction of sp³-hybridized carbons (Fsp3) is 0. The van der Waals surface area contributed by atoms with Crippen molar-refractivity contribution in [2.24, 2.45) is 0 Å². The SMILES string of the molecule is Fc1cc(N(c2cc(Cl)cc(N(c3ccc(-c4ccccc4)cc3)c3ccccc3-c3ccccc3)c2)c2ccccc2-c2ccccc2)ccc1-c1ccccc1. The Morgan fingerprint density at radius 3 is 1.16 bits per heavy atom. The molecular formula is C54H38ClFN2. The van der Waals surface area contributed by atoms with Gasteiger partial charge in [0.15, 0.2) is 0 Å². The quantitative estimate of drug-likeness (QED) is 0.137. The highest BCUT2D eigenvalue weighted by molar-refractivity contribution is 6.31. The molecule has 0 spiro atoms. The summed E-state index contributed by atoms with van der Waals surface area (Å²) in [7, 11) is 0. The van der Waals surface area contributed by atoms with Gasteiger partial charge in [0.05, 0.1) is 11.4 Å². The van der Waals surface area contributed by atoms with Crippen molar-refractivity contribution < 1.29 is 4.39 Å². The van der Waals surface area contributed by atoms with E-state index in [1.165, 1.54) is 0 Å². The third-order valence-corrected chi connectivity index (χ3v) is 10.6. The van der Waals surface area contributed by atoms with E-state index in [1.54, 1.807) is 6.07 Å². The van der Waals surface area contributed by atoms with Crippen molar-refractivity contribution in [2.75, 3.05) is 9.80 Å². The molecule has 0 aliphatic carbocycles. The molecule has 58 heavy (non-hydrogen) atoms. The van der Waals surface area contributed by atoms with E-state index < -0.39 is 0 Å². The number of para-hydroxylation sites is 2. The summed E-state index contributed by atoms with van der Waals surface area (Å²) in [6.07, 6.45) is 0. The lowest BCUT2D eigenvalue weighted by Gasteiger charge is -2.32. The summed E-state index contributed by atoms with van der Waals surface area (Å²) in [6.45, 7) is 0. The van der Waals surface area contributed by atoms with Crippen molar-refractivity contribution >= 4 is 45.7 Å². The van der Waals surface area contributed by atoms with Gasteiger partial charge in [-0.1, -0.05) is 181 Å². The number of benzene rings is 9. The molecule has 278 valence electrons. The molecular weight excluding hydrogens is 731 g/mol. The van der Waals surface area contributed by atoms with E-state index >= 15 is 4.39 Å². The summed E-state index contributed by atoms with van der Waals surface area (Å²) in [5, 5.41) is 0.541. The maximum atomic E-state index is 16.4. The van der Waals surface area contributed by atoms with E-state index in [0.29, 0.717) is 16.3 Å². The van der Waals surface area contributed by atoms with Gasteiger partial charge in [-0.3, -0.25) is 0 Å². The van der Waals surface area contributed by atoms with Crippen LogP contribution in [0.1, 0.15) is 0 Å². The highest BCUT2D eigenvalue weighted by atomic mass is 35.5. The first-order chi connectivity index (χ1) is 28.6. The third-order valence-electron chi connectivity index (χ3n) is 10.4. The van der Waals surface area contributed by atoms with Gasteiger partial charge in [0.1, 0.15) is 5.82 Å². The normalized spacial score (nSPS) is 10.9. The van der Waals surface area contributed by atoms with E-state index in [0.717, 1.165) is 67.4 Å². The van der Waals surface area contributed by atoms with E-state index in [1.807, 2.05) is 97.1 Å². The van der Waals surface area contributed by atoms with E-state index in [2.05, 4.69) is 137 Å². The zero-order valence-electron chi connectivity index (χ0n) is 31.6. The van der Waals surface area contributed by atoms with Crippen molar-refractivity contribution in [1.82, 2.24) is 0 Å². The minimum Gasteiger partial charge on any atom is -0.310 e. The Morgan fingerprint density at radius 1 is 0.293 bits per heavy atom. The molecule has 0 radical (unpaired) electrons. The summed E-state index contributed by atoms with van der Waals surface area (Å²) in [5.41, 5.74) is 13.0. The molecule has 0 aromatic heterocycles. The second kappa shape index (κ2) is 16.5. The number of hydrogen-bond acceptors (Lipinski definition) is 2. The summed E-state index contributed by atoms with van der Waals surface area (Å²) >= 11 is 7.22. The van der Waals surface area contributed by atoms with Crippen LogP contribution in [-0.2, 0) is 0 Å². The molecule has 9 aromatic rings. The first-order valence-corrected chi connectivity index (χ1v) is 19.7. The van der Waals surface area contributed by atoms with E-state index in [9.17, 15) is 0 Å². The Morgan fingerprint density at radius 2 is 0.672 bits per heavy atom. The van der Waals surface area contributed by atoms with Crippen LogP contribution in [0.5, 0.6) is 0 Å². The molecule has 0 atom stereocenters. The van der Waals surface area contributed by atoms with Crippen LogP contribution in [-0.4, -0.2) is 0 Å². The molecule has 0 saturated carbocycles. The van der Waals surface area contributed by atoms with Crippen LogP contribution in [0, 0.1) is 5.82 Å². The largest absolute Gasteiger partial charge is 0.310 e. The zero-order valence-corrected chi connectivity index (χ0v) is 32.3. The average molecular weight is 769 g/mol. The van der Waals surface area contributed by atoms with Crippen molar-refractivity contribution in [3.63, 3.8) is 0 Å². The minimum absolute atomic E-state index is 0.315. The molecule has 0 saturated heterocycles. The predicted octanol–water partition coefficient (Wildman–Crippen LogP) is 16.1. The van der Waals surface area contributed by atoms with Gasteiger partial charge < -0.3 is 9.80 Å². The van der Waals surface area contributed by atoms with Crippen LogP contribution >= 0.6 is 11.6 Å². The topological polar surface area (TPSA) is 6.48 Å². The lowest BCUT2D eigenvalue weighted by Crippen LogP contribution is -2.15. The molecule has 4 heteroatoms. The van der Waals surface area contributed by atoms with Crippen molar-refractivity contribution in [2.45, 2.75) is 0 Å². The van der Waals surface area contributed by atoms with Gasteiger partial charge in [-0.05, 0) is 88.5 Å². The minimum atomic E-state index is -0.315. The summed E-state index contributed by atoms with van der Waals surface area (Å²) < 4.78 is 16.4. The van der Waals surface area contributed by atoms with Crippen LogP contribution < -0.4 is 9.80 Å². The second-order valence-electron chi connectivity index (χ2n) is 14.0. The van der Waals surface area contributed by atoms with Crippen LogP contribution in [0.3, 0.4) is 0 Å². The number of nitrogens with zero attached hydrogens (tertiary/aromatic N) is 2. The van der Waals surface area contributed by atoms with Crippen LogP contribution in [0.4, 0.5) is 38.5 Å². The van der Waals surface area contributed by atoms with Gasteiger partial charge in [-0.15, -0.1) is 0 Å². The van der Waals surface area contributed by atoms with Crippen LogP contribution in [0.25, 0.3) is 44.5 Å². The molecule has 0 aliphatic heterocycles. The lowest BCUT2D eigenvalue weighted by molar-refractivity contribution is 0.631. The number of halogens is 2. The van der Waals surface area contributed by atoms with Gasteiger partial charge >= 0.3 is 0 Å². The maximum Gasteiger partial charge on any atom is 0.133 e. The molecule has 0 bridgehead atoms. The Labute approximate surface area is 344 Å². The maximum absolute atomic E-state index is 16.4. The summed E-state index contributed by atoms with van der Waals surface area (Å²) in [6, 6.07) is 77.6. The highest BCUT2D eigenvalue weighted by Crippen LogP contribution is 2.47. The van der Waals surface area contributed by atoms with Crippen molar-refractivity contribution in [1.29, 1.82) is 0 Å². The van der Waals surface area contributed by atoms with Gasteiger partial charge in [-0.25, -0.2) is 4.39 Å². The van der Waals surface area contributed by atoms with E-state index in [-0.39, 0.29) is 5.82 Å². The Hall–Kier alpha value is -7.20. The van der Waals surface area contributed by atoms with Crippen LogP contribution in [0.2, 0.25) is 5.02 Å².